The summed E-state index contributed by atoms with van der Waals surface area (Å²) in [7, 11) is -3.57. The third kappa shape index (κ3) is 8.33. The molecular formula is C27H38FN3O4S. The number of halogens is 1. The summed E-state index contributed by atoms with van der Waals surface area (Å²) in [5.41, 5.74) is 3.05. The van der Waals surface area contributed by atoms with E-state index < -0.39 is 16.1 Å². The van der Waals surface area contributed by atoms with E-state index in [0.717, 1.165) is 23.8 Å². The van der Waals surface area contributed by atoms with Crippen LogP contribution in [0.5, 0.6) is 0 Å². The molecule has 2 aromatic rings. The molecule has 2 atom stereocenters. The van der Waals surface area contributed by atoms with Gasteiger partial charge in [0.1, 0.15) is 11.9 Å². The Bertz CT molecular complexity index is 1150. The second kappa shape index (κ2) is 12.9. The Labute approximate surface area is 214 Å². The average molecular weight is 520 g/mol. The molecule has 198 valence electrons. The zero-order valence-electron chi connectivity index (χ0n) is 22.0. The summed E-state index contributed by atoms with van der Waals surface area (Å²) in [6.07, 6.45) is 2.24. The fourth-order valence-electron chi connectivity index (χ4n) is 3.81. The van der Waals surface area contributed by atoms with Gasteiger partial charge in [-0.2, -0.15) is 0 Å². The first-order valence-electron chi connectivity index (χ1n) is 12.2. The molecule has 0 aliphatic heterocycles. The normalized spacial score (nSPS) is 13.1. The Morgan fingerprint density at radius 1 is 1.06 bits per heavy atom. The average Bonchev–Trinajstić information content (AvgIpc) is 2.81. The lowest BCUT2D eigenvalue weighted by molar-refractivity contribution is -0.140. The van der Waals surface area contributed by atoms with Crippen LogP contribution < -0.4 is 9.62 Å². The Morgan fingerprint density at radius 2 is 1.69 bits per heavy atom. The third-order valence-corrected chi connectivity index (χ3v) is 7.40. The van der Waals surface area contributed by atoms with Gasteiger partial charge in [0, 0.05) is 25.6 Å². The highest BCUT2D eigenvalue weighted by Gasteiger charge is 2.27. The Balaban J connectivity index is 2.20. The first-order valence-corrected chi connectivity index (χ1v) is 14.1. The van der Waals surface area contributed by atoms with Crippen molar-refractivity contribution < 1.29 is 22.4 Å². The second-order valence-electron chi connectivity index (χ2n) is 9.37. The topological polar surface area (TPSA) is 86.8 Å². The van der Waals surface area contributed by atoms with Gasteiger partial charge in [0.25, 0.3) is 0 Å². The molecule has 0 aliphatic rings. The Kier molecular flexibility index (Phi) is 10.5. The number of sulfonamides is 1. The van der Waals surface area contributed by atoms with Gasteiger partial charge in [-0.1, -0.05) is 31.2 Å². The zero-order chi connectivity index (χ0) is 27.0. The number of carbonyl (C=O) groups is 2. The number of carbonyl (C=O) groups excluding carboxylic acids is 2. The van der Waals surface area contributed by atoms with E-state index in [1.165, 1.54) is 21.3 Å². The maximum atomic E-state index is 13.4. The molecule has 0 spiro atoms. The van der Waals surface area contributed by atoms with Gasteiger partial charge in [0.2, 0.25) is 21.8 Å². The summed E-state index contributed by atoms with van der Waals surface area (Å²) >= 11 is 0. The molecule has 0 saturated carbocycles. The molecule has 0 saturated heterocycles. The van der Waals surface area contributed by atoms with Crippen molar-refractivity contribution in [3.63, 3.8) is 0 Å². The molecule has 2 aromatic carbocycles. The van der Waals surface area contributed by atoms with Crippen LogP contribution in [0.25, 0.3) is 0 Å². The van der Waals surface area contributed by atoms with E-state index in [9.17, 15) is 22.4 Å². The minimum Gasteiger partial charge on any atom is -0.352 e. The quantitative estimate of drug-likeness (QED) is 0.453. The number of amides is 2. The Morgan fingerprint density at radius 3 is 2.28 bits per heavy atom. The summed E-state index contributed by atoms with van der Waals surface area (Å²) < 4.78 is 39.8. The smallest absolute Gasteiger partial charge is 0.242 e. The molecule has 2 amide bonds. The van der Waals surface area contributed by atoms with Gasteiger partial charge in [0.15, 0.2) is 0 Å². The SMILES string of the molecule is CC[C@H](C)NC(=O)[C@@H](C)N(Cc1ccc(F)cc1)C(=O)CCCN(c1cc(C)ccc1C)S(C)(=O)=O. The van der Waals surface area contributed by atoms with Crippen molar-refractivity contribution in [2.45, 2.75) is 72.5 Å². The van der Waals surface area contributed by atoms with Gasteiger partial charge >= 0.3 is 0 Å². The molecule has 0 bridgehead atoms. The number of hydrogen-bond donors (Lipinski definition) is 1. The van der Waals surface area contributed by atoms with E-state index in [2.05, 4.69) is 5.32 Å². The van der Waals surface area contributed by atoms with Gasteiger partial charge < -0.3 is 10.2 Å². The molecule has 1 N–H and O–H groups in total. The van der Waals surface area contributed by atoms with Crippen LogP contribution in [-0.2, 0) is 26.2 Å². The van der Waals surface area contributed by atoms with Crippen molar-refractivity contribution in [1.29, 1.82) is 0 Å². The van der Waals surface area contributed by atoms with Crippen molar-refractivity contribution in [3.8, 4) is 0 Å². The predicted octanol–water partition coefficient (Wildman–Crippen LogP) is 4.32. The number of nitrogens with zero attached hydrogens (tertiary/aromatic N) is 2. The highest BCUT2D eigenvalue weighted by atomic mass is 32.2. The van der Waals surface area contributed by atoms with Gasteiger partial charge in [-0.05, 0) is 75.4 Å². The number of benzene rings is 2. The number of aryl methyl sites for hydroxylation is 2. The van der Waals surface area contributed by atoms with E-state index in [1.54, 1.807) is 19.1 Å². The van der Waals surface area contributed by atoms with Crippen molar-refractivity contribution in [1.82, 2.24) is 10.2 Å². The molecule has 9 heteroatoms. The van der Waals surface area contributed by atoms with Crippen LogP contribution in [0.2, 0.25) is 0 Å². The number of hydrogen-bond acceptors (Lipinski definition) is 4. The predicted molar refractivity (Wildman–Crippen MR) is 142 cm³/mol. The molecule has 36 heavy (non-hydrogen) atoms. The fourth-order valence-corrected chi connectivity index (χ4v) is 4.82. The number of nitrogens with one attached hydrogen (secondary N) is 1. The minimum atomic E-state index is -3.57. The third-order valence-electron chi connectivity index (χ3n) is 6.22. The molecular weight excluding hydrogens is 481 g/mol. The van der Waals surface area contributed by atoms with Crippen LogP contribution in [0.15, 0.2) is 42.5 Å². The van der Waals surface area contributed by atoms with Gasteiger partial charge in [-0.25, -0.2) is 12.8 Å². The summed E-state index contributed by atoms with van der Waals surface area (Å²) in [6.45, 7) is 9.53. The van der Waals surface area contributed by atoms with Crippen LogP contribution in [0.1, 0.15) is 56.7 Å². The largest absolute Gasteiger partial charge is 0.352 e. The molecule has 7 nitrogen and oxygen atoms in total. The molecule has 0 aromatic heterocycles. The van der Waals surface area contributed by atoms with Gasteiger partial charge in [-0.15, -0.1) is 0 Å². The van der Waals surface area contributed by atoms with Crippen molar-refractivity contribution in [3.05, 3.63) is 65.0 Å². The standard InChI is InChI=1S/C27H38FN3O4S/c1-7-21(4)29-27(33)22(5)30(18-23-12-14-24(28)15-13-23)26(32)9-8-16-31(36(6,34)35)25-17-19(2)10-11-20(25)3/h10-15,17,21-22H,7-9,16,18H2,1-6H3,(H,29,33)/t21-,22+/m0/s1. The first kappa shape index (κ1) is 29.3. The lowest BCUT2D eigenvalue weighted by atomic mass is 10.1. The van der Waals surface area contributed by atoms with Crippen LogP contribution in [0.4, 0.5) is 10.1 Å². The molecule has 0 heterocycles. The summed E-state index contributed by atoms with van der Waals surface area (Å²) in [4.78, 5) is 27.6. The lowest BCUT2D eigenvalue weighted by Gasteiger charge is -2.30. The maximum absolute atomic E-state index is 13.4. The molecule has 0 aliphatic carbocycles. The molecule has 0 fully saturated rings. The first-order chi connectivity index (χ1) is 16.8. The minimum absolute atomic E-state index is 0.0383. The summed E-state index contributed by atoms with van der Waals surface area (Å²) in [5.74, 6) is -0.931. The summed E-state index contributed by atoms with van der Waals surface area (Å²) in [6, 6.07) is 10.6. The van der Waals surface area contributed by atoms with E-state index in [0.29, 0.717) is 11.3 Å². The highest BCUT2D eigenvalue weighted by Crippen LogP contribution is 2.24. The van der Waals surface area contributed by atoms with Crippen molar-refractivity contribution in [2.75, 3.05) is 17.1 Å². The monoisotopic (exact) mass is 519 g/mol. The van der Waals surface area contributed by atoms with Gasteiger partial charge in [-0.3, -0.25) is 13.9 Å². The molecule has 0 radical (unpaired) electrons. The van der Waals surface area contributed by atoms with Crippen LogP contribution in [0, 0.1) is 19.7 Å². The van der Waals surface area contributed by atoms with E-state index >= 15 is 0 Å². The molecule has 2 rings (SSSR count). The number of rotatable bonds is 12. The van der Waals surface area contributed by atoms with Crippen molar-refractivity contribution >= 4 is 27.5 Å². The molecule has 0 unspecified atom stereocenters. The van der Waals surface area contributed by atoms with E-state index in [4.69, 9.17) is 0 Å². The summed E-state index contributed by atoms with van der Waals surface area (Å²) in [5, 5.41) is 2.91. The maximum Gasteiger partial charge on any atom is 0.242 e. The zero-order valence-corrected chi connectivity index (χ0v) is 22.9. The van der Waals surface area contributed by atoms with Crippen LogP contribution in [-0.4, -0.2) is 50.0 Å². The highest BCUT2D eigenvalue weighted by molar-refractivity contribution is 7.92. The fraction of sp³-hybridized carbons (Fsp3) is 0.481. The lowest BCUT2D eigenvalue weighted by Crippen LogP contribution is -2.49. The Hall–Kier alpha value is -2.94. The second-order valence-corrected chi connectivity index (χ2v) is 11.3. The van der Waals surface area contributed by atoms with Crippen LogP contribution in [0.3, 0.4) is 0 Å². The van der Waals surface area contributed by atoms with Gasteiger partial charge in [0.05, 0.1) is 11.9 Å². The van der Waals surface area contributed by atoms with Crippen LogP contribution >= 0.6 is 0 Å². The van der Waals surface area contributed by atoms with E-state index in [1.807, 2.05) is 45.9 Å². The number of anilines is 1. The van der Waals surface area contributed by atoms with Crippen molar-refractivity contribution in [2.24, 2.45) is 0 Å². The van der Waals surface area contributed by atoms with E-state index in [-0.39, 0.29) is 49.6 Å².